The molecule has 0 aromatic heterocycles. The highest BCUT2D eigenvalue weighted by Gasteiger charge is 2.13. The van der Waals surface area contributed by atoms with Crippen molar-refractivity contribution in [3.8, 4) is 0 Å². The Bertz CT molecular complexity index is 465. The molecular weight excluding hydrogens is 272 g/mol. The molecule has 1 rings (SSSR count). The summed E-state index contributed by atoms with van der Waals surface area (Å²) in [5.41, 5.74) is -0.0423. The molecule has 104 valence electrons. The largest absolute Gasteiger partial charge is 0.396 e. The van der Waals surface area contributed by atoms with Crippen LogP contribution in [0.15, 0.2) is 18.2 Å². The Morgan fingerprint density at radius 3 is 2.68 bits per heavy atom. The van der Waals surface area contributed by atoms with Crippen molar-refractivity contribution in [2.45, 2.75) is 19.3 Å². The van der Waals surface area contributed by atoms with Gasteiger partial charge in [-0.05, 0) is 25.3 Å². The second kappa shape index (κ2) is 7.70. The number of nitrogens with one attached hydrogen (secondary N) is 1. The summed E-state index contributed by atoms with van der Waals surface area (Å²) < 4.78 is 0. The van der Waals surface area contributed by atoms with Crippen LogP contribution < -0.4 is 5.32 Å². The van der Waals surface area contributed by atoms with Crippen LogP contribution in [0.4, 0.5) is 5.69 Å². The number of hydrogen-bond acceptors (Lipinski definition) is 4. The maximum Gasteiger partial charge on any atom is 0.271 e. The predicted octanol–water partition coefficient (Wildman–Crippen LogP) is 2.14. The van der Waals surface area contributed by atoms with Crippen LogP contribution in [0, 0.1) is 10.1 Å². The van der Waals surface area contributed by atoms with Gasteiger partial charge in [-0.2, -0.15) is 0 Å². The molecule has 0 heterocycles. The number of hydrogen-bond donors (Lipinski definition) is 2. The molecule has 0 bridgehead atoms. The van der Waals surface area contributed by atoms with E-state index in [1.54, 1.807) is 0 Å². The van der Waals surface area contributed by atoms with Gasteiger partial charge in [-0.3, -0.25) is 14.9 Å². The van der Waals surface area contributed by atoms with E-state index >= 15 is 0 Å². The van der Waals surface area contributed by atoms with Crippen LogP contribution >= 0.6 is 11.6 Å². The molecule has 0 unspecified atom stereocenters. The van der Waals surface area contributed by atoms with E-state index in [1.807, 2.05) is 0 Å². The van der Waals surface area contributed by atoms with Gasteiger partial charge in [0.1, 0.15) is 0 Å². The summed E-state index contributed by atoms with van der Waals surface area (Å²) in [4.78, 5) is 21.8. The first-order valence-electron chi connectivity index (χ1n) is 5.88. The number of aliphatic hydroxyl groups excluding tert-OH is 1. The molecule has 0 saturated carbocycles. The lowest BCUT2D eigenvalue weighted by Gasteiger charge is -2.05. The normalized spacial score (nSPS) is 10.2. The first kappa shape index (κ1) is 15.4. The minimum Gasteiger partial charge on any atom is -0.396 e. The number of benzene rings is 1. The number of amides is 1. The number of non-ortho nitro benzene ring substituents is 1. The van der Waals surface area contributed by atoms with Crippen molar-refractivity contribution >= 4 is 23.2 Å². The van der Waals surface area contributed by atoms with Crippen molar-refractivity contribution in [2.75, 3.05) is 13.2 Å². The molecule has 0 atom stereocenters. The smallest absolute Gasteiger partial charge is 0.271 e. The predicted molar refractivity (Wildman–Crippen MR) is 71.4 cm³/mol. The topological polar surface area (TPSA) is 92.5 Å². The molecule has 0 fully saturated rings. The summed E-state index contributed by atoms with van der Waals surface area (Å²) in [6.45, 7) is 0.591. The third-order valence-corrected chi connectivity index (χ3v) is 2.69. The van der Waals surface area contributed by atoms with Crippen LogP contribution in [0.1, 0.15) is 29.6 Å². The Kier molecular flexibility index (Phi) is 6.24. The standard InChI is InChI=1S/C12H15ClN2O4/c13-10-6-9(7-11(8-10)15(18)19)12(17)14-4-2-1-3-5-16/h6-8,16H,1-5H2,(H,14,17). The van der Waals surface area contributed by atoms with Crippen LogP contribution in [-0.2, 0) is 0 Å². The highest BCUT2D eigenvalue weighted by atomic mass is 35.5. The lowest BCUT2D eigenvalue weighted by Crippen LogP contribution is -2.24. The van der Waals surface area contributed by atoms with E-state index in [4.69, 9.17) is 16.7 Å². The minimum absolute atomic E-state index is 0.133. The van der Waals surface area contributed by atoms with Gasteiger partial charge in [-0.1, -0.05) is 11.6 Å². The Hall–Kier alpha value is -1.66. The van der Waals surface area contributed by atoms with Gasteiger partial charge in [-0.15, -0.1) is 0 Å². The summed E-state index contributed by atoms with van der Waals surface area (Å²) in [5.74, 6) is -0.394. The SMILES string of the molecule is O=C(NCCCCCO)c1cc(Cl)cc([N+](=O)[O-])c1. The molecule has 1 amide bonds. The first-order valence-corrected chi connectivity index (χ1v) is 6.26. The van der Waals surface area contributed by atoms with Crippen molar-refractivity contribution in [1.82, 2.24) is 5.32 Å². The lowest BCUT2D eigenvalue weighted by atomic mass is 10.2. The van der Waals surface area contributed by atoms with Crippen LogP contribution in [0.3, 0.4) is 0 Å². The van der Waals surface area contributed by atoms with E-state index in [-0.39, 0.29) is 22.9 Å². The Morgan fingerprint density at radius 1 is 1.32 bits per heavy atom. The van der Waals surface area contributed by atoms with Crippen LogP contribution in [0.5, 0.6) is 0 Å². The zero-order valence-electron chi connectivity index (χ0n) is 10.3. The second-order valence-electron chi connectivity index (χ2n) is 4.00. The van der Waals surface area contributed by atoms with Crippen molar-refractivity contribution < 1.29 is 14.8 Å². The molecular formula is C12H15ClN2O4. The Labute approximate surface area is 115 Å². The molecule has 1 aromatic rings. The monoisotopic (exact) mass is 286 g/mol. The molecule has 0 aliphatic heterocycles. The summed E-state index contributed by atoms with van der Waals surface area (Å²) >= 11 is 5.73. The fraction of sp³-hybridized carbons (Fsp3) is 0.417. The van der Waals surface area contributed by atoms with Crippen LogP contribution in [0.2, 0.25) is 5.02 Å². The number of halogens is 1. The highest BCUT2D eigenvalue weighted by Crippen LogP contribution is 2.20. The quantitative estimate of drug-likeness (QED) is 0.456. The van der Waals surface area contributed by atoms with Crippen molar-refractivity contribution in [2.24, 2.45) is 0 Å². The fourth-order valence-electron chi connectivity index (χ4n) is 1.53. The number of rotatable bonds is 7. The number of carbonyl (C=O) groups excluding carboxylic acids is 1. The van der Waals surface area contributed by atoms with E-state index in [2.05, 4.69) is 5.32 Å². The number of aliphatic hydroxyl groups is 1. The van der Waals surface area contributed by atoms with Gasteiger partial charge in [0.05, 0.1) is 4.92 Å². The molecule has 0 aliphatic rings. The zero-order chi connectivity index (χ0) is 14.3. The number of nitro benzene ring substituents is 1. The third kappa shape index (κ3) is 5.23. The van der Waals surface area contributed by atoms with Gasteiger partial charge in [0.25, 0.3) is 11.6 Å². The van der Waals surface area contributed by atoms with Gasteiger partial charge >= 0.3 is 0 Å². The van der Waals surface area contributed by atoms with Gasteiger partial charge in [0.2, 0.25) is 0 Å². The zero-order valence-corrected chi connectivity index (χ0v) is 11.0. The molecule has 19 heavy (non-hydrogen) atoms. The van der Waals surface area contributed by atoms with Crippen LogP contribution in [0.25, 0.3) is 0 Å². The Balaban J connectivity index is 2.59. The molecule has 0 spiro atoms. The number of nitrogens with zero attached hydrogens (tertiary/aromatic N) is 1. The first-order chi connectivity index (χ1) is 9.04. The average Bonchev–Trinajstić information content (AvgIpc) is 2.37. The van der Waals surface area contributed by atoms with E-state index < -0.39 is 10.8 Å². The van der Waals surface area contributed by atoms with Gasteiger partial charge in [0, 0.05) is 35.9 Å². The lowest BCUT2D eigenvalue weighted by molar-refractivity contribution is -0.384. The van der Waals surface area contributed by atoms with E-state index in [0.717, 1.165) is 12.8 Å². The molecule has 0 saturated heterocycles. The van der Waals surface area contributed by atoms with Crippen molar-refractivity contribution in [3.63, 3.8) is 0 Å². The average molecular weight is 287 g/mol. The van der Waals surface area contributed by atoms with E-state index in [9.17, 15) is 14.9 Å². The van der Waals surface area contributed by atoms with Gasteiger partial charge < -0.3 is 10.4 Å². The maximum atomic E-state index is 11.8. The number of unbranched alkanes of at least 4 members (excludes halogenated alkanes) is 2. The van der Waals surface area contributed by atoms with E-state index in [0.29, 0.717) is 13.0 Å². The van der Waals surface area contributed by atoms with Gasteiger partial charge in [0.15, 0.2) is 0 Å². The van der Waals surface area contributed by atoms with Crippen molar-refractivity contribution in [1.29, 1.82) is 0 Å². The highest BCUT2D eigenvalue weighted by molar-refractivity contribution is 6.31. The summed E-state index contributed by atoms with van der Waals surface area (Å²) in [6.07, 6.45) is 2.25. The minimum atomic E-state index is -0.593. The summed E-state index contributed by atoms with van der Waals surface area (Å²) in [5, 5.41) is 22.1. The number of carbonyl (C=O) groups is 1. The molecule has 1 aromatic carbocycles. The third-order valence-electron chi connectivity index (χ3n) is 2.48. The van der Waals surface area contributed by atoms with Crippen molar-refractivity contribution in [3.05, 3.63) is 38.9 Å². The maximum absolute atomic E-state index is 11.8. The molecule has 0 aliphatic carbocycles. The Morgan fingerprint density at radius 2 is 2.05 bits per heavy atom. The van der Waals surface area contributed by atoms with Gasteiger partial charge in [-0.25, -0.2) is 0 Å². The summed E-state index contributed by atoms with van der Waals surface area (Å²) in [7, 11) is 0. The molecule has 6 nitrogen and oxygen atoms in total. The fourth-order valence-corrected chi connectivity index (χ4v) is 1.76. The number of nitro groups is 1. The molecule has 2 N–H and O–H groups in total. The second-order valence-corrected chi connectivity index (χ2v) is 4.43. The molecule has 7 heteroatoms. The van der Waals surface area contributed by atoms with Crippen LogP contribution in [-0.4, -0.2) is 29.1 Å². The van der Waals surface area contributed by atoms with E-state index in [1.165, 1.54) is 18.2 Å². The summed E-state index contributed by atoms with van der Waals surface area (Å²) in [6, 6.07) is 3.77. The molecule has 0 radical (unpaired) electrons.